The molecule has 2 aliphatic heterocycles. The molecule has 0 spiro atoms. The van der Waals surface area contributed by atoms with Gasteiger partial charge in [-0.05, 0) is 76.1 Å². The van der Waals surface area contributed by atoms with Crippen molar-refractivity contribution in [2.24, 2.45) is 0 Å². The van der Waals surface area contributed by atoms with Crippen LogP contribution >= 0.6 is 0 Å². The molecule has 4 nitrogen and oxygen atoms in total. The summed E-state index contributed by atoms with van der Waals surface area (Å²) >= 11 is 0. The van der Waals surface area contributed by atoms with Crippen molar-refractivity contribution in [3.05, 3.63) is 182 Å². The van der Waals surface area contributed by atoms with Crippen LogP contribution < -0.4 is 15.7 Å². The van der Waals surface area contributed by atoms with E-state index < -0.39 is 0 Å². The van der Waals surface area contributed by atoms with Crippen molar-refractivity contribution in [3.8, 4) is 27.9 Å². The molecular formula is C54H30BN3O. The van der Waals surface area contributed by atoms with E-state index in [2.05, 4.69) is 196 Å². The van der Waals surface area contributed by atoms with E-state index in [-0.39, 0.29) is 6.85 Å². The summed E-state index contributed by atoms with van der Waals surface area (Å²) in [5.74, 6) is 0. The summed E-state index contributed by atoms with van der Waals surface area (Å²) < 4.78 is 12.1. The molecule has 0 unspecified atom stereocenters. The third-order valence-corrected chi connectivity index (χ3v) is 13.6. The monoisotopic (exact) mass is 747 g/mol. The third kappa shape index (κ3) is 3.60. The number of hydrogen-bond donors (Lipinski definition) is 0. The molecule has 0 N–H and O–H groups in total. The second kappa shape index (κ2) is 10.6. The normalized spacial score (nSPS) is 13.4. The van der Waals surface area contributed by atoms with Crippen LogP contribution in [-0.2, 0) is 0 Å². The molecule has 0 saturated carbocycles. The summed E-state index contributed by atoms with van der Waals surface area (Å²) in [4.78, 5) is 2.66. The predicted molar refractivity (Wildman–Crippen MR) is 247 cm³/mol. The number of nitrogens with zero attached hydrogens (tertiary/aromatic N) is 3. The molecule has 0 saturated heterocycles. The smallest absolute Gasteiger partial charge is 0.333 e. The Morgan fingerprint density at radius 2 is 1.10 bits per heavy atom. The van der Waals surface area contributed by atoms with Gasteiger partial charge in [0.1, 0.15) is 5.58 Å². The number of anilines is 2. The van der Waals surface area contributed by atoms with E-state index in [9.17, 15) is 0 Å². The highest BCUT2D eigenvalue weighted by Crippen LogP contribution is 2.54. The number of aromatic nitrogens is 2. The average molecular weight is 748 g/mol. The predicted octanol–water partition coefficient (Wildman–Crippen LogP) is 12.7. The molecule has 59 heavy (non-hydrogen) atoms. The number of furan rings is 1. The largest absolute Gasteiger partial charge is 0.454 e. The molecule has 0 bridgehead atoms. The molecule has 13 aromatic rings. The molecule has 0 radical (unpaired) electrons. The Labute approximate surface area is 337 Å². The van der Waals surface area contributed by atoms with Crippen LogP contribution in [-0.4, -0.2) is 15.8 Å². The van der Waals surface area contributed by atoms with Crippen molar-refractivity contribution in [1.82, 2.24) is 8.97 Å². The van der Waals surface area contributed by atoms with Crippen molar-refractivity contribution < 1.29 is 4.42 Å². The highest BCUT2D eigenvalue weighted by atomic mass is 16.3. The Morgan fingerprint density at radius 1 is 0.458 bits per heavy atom. The third-order valence-electron chi connectivity index (χ3n) is 13.6. The van der Waals surface area contributed by atoms with Crippen LogP contribution in [0.5, 0.6) is 0 Å². The fraction of sp³-hybridized carbons (Fsp3) is 0. The lowest BCUT2D eigenvalue weighted by molar-refractivity contribution is 0.667. The number of fused-ring (bicyclic) bond motifs is 18. The standard InChI is InChI=1S/C54H30BN3O/c1-2-13-31(14-3-1)32-25-27-33(28-26-32)58-46-30-39-35-16-5-8-21-43(35)56-45-23-10-6-18-38(45)49(52(39)56)48(46)41-29-40-36-17-7-11-24-47(36)59-54(40)53-50(41)55(58)42-20-12-19-37-34-15-4-9-22-44(34)57(53)51(37)42/h1-30H. The first-order chi connectivity index (χ1) is 29.3. The minimum absolute atomic E-state index is 0.136. The highest BCUT2D eigenvalue weighted by molar-refractivity contribution is 6.94. The van der Waals surface area contributed by atoms with E-state index in [4.69, 9.17) is 4.42 Å². The van der Waals surface area contributed by atoms with Crippen molar-refractivity contribution in [2.75, 3.05) is 4.81 Å². The molecule has 0 fully saturated rings. The maximum absolute atomic E-state index is 7.07. The topological polar surface area (TPSA) is 25.7 Å². The quantitative estimate of drug-likeness (QED) is 0.165. The van der Waals surface area contributed by atoms with E-state index in [1.54, 1.807) is 0 Å². The summed E-state index contributed by atoms with van der Waals surface area (Å²) in [6.07, 6.45) is 0. The maximum Gasteiger partial charge on any atom is 0.333 e. The van der Waals surface area contributed by atoms with Gasteiger partial charge >= 0.3 is 6.85 Å². The van der Waals surface area contributed by atoms with Gasteiger partial charge in [0.2, 0.25) is 0 Å². The number of hydrogen-bond acceptors (Lipinski definition) is 2. The SMILES string of the molecule is c1ccc(-c2ccc(N3B4c5c(cc6c(oc7ccccc76)c5-n5c6ccccc6c6cccc4c65)-c4c3cc3c5ccccc5n5c6ccccc6c4c35)cc2)cc1. The first-order valence-electron chi connectivity index (χ1n) is 20.5. The molecule has 9 aromatic carbocycles. The van der Waals surface area contributed by atoms with E-state index in [0.717, 1.165) is 33.3 Å². The highest BCUT2D eigenvalue weighted by Gasteiger charge is 2.46. The zero-order valence-electron chi connectivity index (χ0n) is 31.6. The molecule has 6 heterocycles. The first kappa shape index (κ1) is 30.4. The summed E-state index contributed by atoms with van der Waals surface area (Å²) in [5.41, 5.74) is 19.0. The van der Waals surface area contributed by atoms with Gasteiger partial charge in [-0.3, -0.25) is 0 Å². The summed E-state index contributed by atoms with van der Waals surface area (Å²) in [6, 6.07) is 67.3. The van der Waals surface area contributed by atoms with E-state index >= 15 is 0 Å². The van der Waals surface area contributed by atoms with Crippen molar-refractivity contribution in [3.63, 3.8) is 0 Å². The summed E-state index contributed by atoms with van der Waals surface area (Å²) in [7, 11) is 0. The zero-order valence-corrected chi connectivity index (χ0v) is 31.6. The van der Waals surface area contributed by atoms with Gasteiger partial charge in [0.25, 0.3) is 0 Å². The molecule has 0 aliphatic carbocycles. The Bertz CT molecular complexity index is 3970. The van der Waals surface area contributed by atoms with Gasteiger partial charge in [0.05, 0.1) is 33.3 Å². The average Bonchev–Trinajstić information content (AvgIpc) is 4.04. The molecular weight excluding hydrogens is 717 g/mol. The van der Waals surface area contributed by atoms with Gasteiger partial charge in [-0.2, -0.15) is 0 Å². The summed E-state index contributed by atoms with van der Waals surface area (Å²) in [5, 5.41) is 9.90. The maximum atomic E-state index is 7.07. The van der Waals surface area contributed by atoms with Gasteiger partial charge in [-0.1, -0.05) is 133 Å². The summed E-state index contributed by atoms with van der Waals surface area (Å²) in [6.45, 7) is -0.136. The minimum atomic E-state index is -0.136. The van der Waals surface area contributed by atoms with E-state index in [1.807, 2.05) is 0 Å². The molecule has 2 aliphatic rings. The fourth-order valence-corrected chi connectivity index (χ4v) is 11.3. The van der Waals surface area contributed by atoms with Gasteiger partial charge in [-0.25, -0.2) is 0 Å². The van der Waals surface area contributed by atoms with Crippen LogP contribution in [0.15, 0.2) is 186 Å². The lowest BCUT2D eigenvalue weighted by Gasteiger charge is -2.42. The van der Waals surface area contributed by atoms with Crippen molar-refractivity contribution in [2.45, 2.75) is 0 Å². The fourth-order valence-electron chi connectivity index (χ4n) is 11.3. The Balaban J connectivity index is 1.19. The van der Waals surface area contributed by atoms with Crippen LogP contribution in [0.3, 0.4) is 0 Å². The van der Waals surface area contributed by atoms with Crippen LogP contribution in [0.2, 0.25) is 0 Å². The van der Waals surface area contributed by atoms with Crippen molar-refractivity contribution in [1.29, 1.82) is 0 Å². The second-order valence-corrected chi connectivity index (χ2v) is 16.4. The van der Waals surface area contributed by atoms with Gasteiger partial charge in [-0.15, -0.1) is 0 Å². The Hall–Kier alpha value is -7.76. The lowest BCUT2D eigenvalue weighted by Crippen LogP contribution is -2.60. The molecule has 15 rings (SSSR count). The molecule has 0 amide bonds. The van der Waals surface area contributed by atoms with Crippen molar-refractivity contribution >= 4 is 111 Å². The Kier molecular flexibility index (Phi) is 5.46. The van der Waals surface area contributed by atoms with Crippen LogP contribution in [0.1, 0.15) is 0 Å². The molecule has 270 valence electrons. The second-order valence-electron chi connectivity index (χ2n) is 16.4. The molecule has 0 atom stereocenters. The Morgan fingerprint density at radius 3 is 1.92 bits per heavy atom. The lowest BCUT2D eigenvalue weighted by atomic mass is 9.43. The van der Waals surface area contributed by atoms with Crippen LogP contribution in [0, 0.1) is 0 Å². The van der Waals surface area contributed by atoms with Crippen LogP contribution in [0.25, 0.3) is 110 Å². The van der Waals surface area contributed by atoms with E-state index in [1.165, 1.54) is 98.8 Å². The van der Waals surface area contributed by atoms with Crippen LogP contribution in [0.4, 0.5) is 11.4 Å². The number of benzene rings is 9. The molecule has 5 heteroatoms. The van der Waals surface area contributed by atoms with Gasteiger partial charge in [0, 0.05) is 60.0 Å². The first-order valence-corrected chi connectivity index (χ1v) is 20.5. The zero-order chi connectivity index (χ0) is 38.1. The number of para-hydroxylation sites is 5. The minimum Gasteiger partial charge on any atom is -0.454 e. The number of rotatable bonds is 2. The molecule has 4 aromatic heterocycles. The van der Waals surface area contributed by atoms with Gasteiger partial charge < -0.3 is 18.2 Å². The van der Waals surface area contributed by atoms with E-state index in [0.29, 0.717) is 0 Å². The van der Waals surface area contributed by atoms with Gasteiger partial charge in [0.15, 0.2) is 5.58 Å².